The Morgan fingerprint density at radius 3 is 1.94 bits per heavy atom. The van der Waals surface area contributed by atoms with Crippen molar-refractivity contribution in [2.75, 3.05) is 13.2 Å². The summed E-state index contributed by atoms with van der Waals surface area (Å²) in [7, 11) is 0. The van der Waals surface area contributed by atoms with Crippen LogP contribution in [0.1, 0.15) is 27.7 Å². The number of imide groups is 1. The molecule has 1 fully saturated rings. The molecule has 0 aromatic rings. The predicted octanol–water partition coefficient (Wildman–Crippen LogP) is 0.261. The van der Waals surface area contributed by atoms with Gasteiger partial charge in [0.15, 0.2) is 0 Å². The quantitative estimate of drug-likeness (QED) is 0.719. The van der Waals surface area contributed by atoms with Crippen molar-refractivity contribution in [2.24, 2.45) is 5.41 Å². The minimum atomic E-state index is -1.24. The molecule has 6 heteroatoms. The van der Waals surface area contributed by atoms with Crippen LogP contribution in [-0.4, -0.2) is 46.5 Å². The molecule has 0 aromatic carbocycles. The number of carboxylic acid groups (broad SMARTS) is 1. The molecule has 17 heavy (non-hydrogen) atoms. The summed E-state index contributed by atoms with van der Waals surface area (Å²) in [6.07, 6.45) is 0. The molecule has 2 amide bonds. The van der Waals surface area contributed by atoms with Crippen molar-refractivity contribution in [1.29, 1.82) is 0 Å². The molecule has 1 aliphatic heterocycles. The molecule has 1 saturated heterocycles. The van der Waals surface area contributed by atoms with Gasteiger partial charge in [-0.15, -0.1) is 0 Å². The molecular weight excluding hydrogens is 226 g/mol. The average Bonchev–Trinajstić information content (AvgIpc) is 2.16. The fraction of sp³-hybridized carbons (Fsp3) is 0.727. The standard InChI is InChI=1S/C11H17NO5/c1-10(2,9(15)16)11(3,4)12-7(13)5-17-6-8(12)14/h5-6H2,1-4H3,(H,15,16). The molecule has 1 aliphatic rings. The van der Waals surface area contributed by atoms with E-state index in [1.54, 1.807) is 13.8 Å². The van der Waals surface area contributed by atoms with Crippen LogP contribution in [0.2, 0.25) is 0 Å². The first-order valence-corrected chi connectivity index (χ1v) is 5.29. The summed E-state index contributed by atoms with van der Waals surface area (Å²) in [5.74, 6) is -2.06. The number of hydrogen-bond donors (Lipinski definition) is 1. The normalized spacial score (nSPS) is 18.5. The minimum absolute atomic E-state index is 0.190. The van der Waals surface area contributed by atoms with E-state index in [2.05, 4.69) is 0 Å². The Kier molecular flexibility index (Phi) is 3.29. The van der Waals surface area contributed by atoms with E-state index in [1.807, 2.05) is 0 Å². The largest absolute Gasteiger partial charge is 0.481 e. The maximum absolute atomic E-state index is 11.7. The fourth-order valence-electron chi connectivity index (χ4n) is 1.66. The van der Waals surface area contributed by atoms with Crippen molar-refractivity contribution >= 4 is 17.8 Å². The van der Waals surface area contributed by atoms with Gasteiger partial charge in [-0.25, -0.2) is 0 Å². The van der Waals surface area contributed by atoms with Crippen LogP contribution in [0.3, 0.4) is 0 Å². The molecule has 1 rings (SSSR count). The van der Waals surface area contributed by atoms with Gasteiger partial charge < -0.3 is 9.84 Å². The Morgan fingerprint density at radius 1 is 1.18 bits per heavy atom. The van der Waals surface area contributed by atoms with Crippen molar-refractivity contribution < 1.29 is 24.2 Å². The van der Waals surface area contributed by atoms with Gasteiger partial charge in [0.05, 0.1) is 11.0 Å². The Hall–Kier alpha value is -1.43. The van der Waals surface area contributed by atoms with Crippen LogP contribution < -0.4 is 0 Å². The van der Waals surface area contributed by atoms with Crippen LogP contribution in [0.15, 0.2) is 0 Å². The van der Waals surface area contributed by atoms with Crippen LogP contribution in [0.5, 0.6) is 0 Å². The highest BCUT2D eigenvalue weighted by Gasteiger charge is 2.52. The molecule has 1 N–H and O–H groups in total. The minimum Gasteiger partial charge on any atom is -0.481 e. The molecule has 0 radical (unpaired) electrons. The van der Waals surface area contributed by atoms with E-state index >= 15 is 0 Å². The molecule has 0 saturated carbocycles. The maximum atomic E-state index is 11.7. The first-order chi connectivity index (χ1) is 7.62. The van der Waals surface area contributed by atoms with E-state index in [0.717, 1.165) is 4.90 Å². The fourth-order valence-corrected chi connectivity index (χ4v) is 1.66. The third kappa shape index (κ3) is 2.04. The zero-order valence-corrected chi connectivity index (χ0v) is 10.4. The number of rotatable bonds is 3. The van der Waals surface area contributed by atoms with Crippen LogP contribution in [0, 0.1) is 5.41 Å². The number of morpholine rings is 1. The first-order valence-electron chi connectivity index (χ1n) is 5.29. The van der Waals surface area contributed by atoms with Gasteiger partial charge in [-0.05, 0) is 27.7 Å². The van der Waals surface area contributed by atoms with E-state index < -0.39 is 28.7 Å². The number of nitrogens with zero attached hydrogens (tertiary/aromatic N) is 1. The topological polar surface area (TPSA) is 83.9 Å². The molecule has 0 atom stereocenters. The van der Waals surface area contributed by atoms with Crippen LogP contribution in [0.4, 0.5) is 0 Å². The monoisotopic (exact) mass is 243 g/mol. The zero-order chi connectivity index (χ0) is 13.4. The van der Waals surface area contributed by atoms with E-state index in [9.17, 15) is 19.5 Å². The number of carboxylic acids is 1. The highest BCUT2D eigenvalue weighted by atomic mass is 16.5. The van der Waals surface area contributed by atoms with Gasteiger partial charge in [0.25, 0.3) is 11.8 Å². The summed E-state index contributed by atoms with van der Waals surface area (Å²) < 4.78 is 4.80. The Morgan fingerprint density at radius 2 is 1.59 bits per heavy atom. The summed E-state index contributed by atoms with van der Waals surface area (Å²) >= 11 is 0. The second-order valence-electron chi connectivity index (χ2n) is 5.10. The van der Waals surface area contributed by atoms with Crippen molar-refractivity contribution in [3.63, 3.8) is 0 Å². The van der Waals surface area contributed by atoms with Crippen LogP contribution in [0.25, 0.3) is 0 Å². The molecule has 0 bridgehead atoms. The summed E-state index contributed by atoms with van der Waals surface area (Å²) in [5, 5.41) is 9.20. The van der Waals surface area contributed by atoms with Gasteiger partial charge in [-0.2, -0.15) is 0 Å². The first kappa shape index (κ1) is 13.6. The lowest BCUT2D eigenvalue weighted by molar-refractivity contribution is -0.175. The average molecular weight is 243 g/mol. The number of carbonyl (C=O) groups excluding carboxylic acids is 2. The molecule has 96 valence electrons. The number of ether oxygens (including phenoxy) is 1. The van der Waals surface area contributed by atoms with Crippen LogP contribution in [-0.2, 0) is 19.1 Å². The van der Waals surface area contributed by atoms with Crippen molar-refractivity contribution in [3.8, 4) is 0 Å². The summed E-state index contributed by atoms with van der Waals surface area (Å²) in [5.41, 5.74) is -2.35. The lowest BCUT2D eigenvalue weighted by Crippen LogP contribution is -2.64. The number of amides is 2. The Labute approximate surface area is 99.5 Å². The summed E-state index contributed by atoms with van der Waals surface area (Å²) in [4.78, 5) is 35.7. The highest BCUT2D eigenvalue weighted by molar-refractivity contribution is 6.00. The van der Waals surface area contributed by atoms with Crippen molar-refractivity contribution in [1.82, 2.24) is 4.90 Å². The Balaban J connectivity index is 3.15. The lowest BCUT2D eigenvalue weighted by Gasteiger charge is -2.46. The number of aliphatic carboxylic acids is 1. The lowest BCUT2D eigenvalue weighted by atomic mass is 9.73. The molecular formula is C11H17NO5. The van der Waals surface area contributed by atoms with E-state index in [0.29, 0.717) is 0 Å². The van der Waals surface area contributed by atoms with Crippen molar-refractivity contribution in [2.45, 2.75) is 33.2 Å². The number of carbonyl (C=O) groups is 3. The molecule has 0 aliphatic carbocycles. The van der Waals surface area contributed by atoms with Gasteiger partial charge in [0, 0.05) is 0 Å². The highest BCUT2D eigenvalue weighted by Crippen LogP contribution is 2.37. The molecule has 0 aromatic heterocycles. The van der Waals surface area contributed by atoms with Gasteiger partial charge in [0.1, 0.15) is 13.2 Å². The van der Waals surface area contributed by atoms with E-state index in [1.165, 1.54) is 13.8 Å². The second kappa shape index (κ2) is 4.10. The van der Waals surface area contributed by atoms with Gasteiger partial charge >= 0.3 is 5.97 Å². The third-order valence-corrected chi connectivity index (χ3v) is 3.57. The van der Waals surface area contributed by atoms with Crippen molar-refractivity contribution in [3.05, 3.63) is 0 Å². The van der Waals surface area contributed by atoms with E-state index in [4.69, 9.17) is 4.74 Å². The molecule has 0 spiro atoms. The zero-order valence-electron chi connectivity index (χ0n) is 10.4. The van der Waals surface area contributed by atoms with Crippen LogP contribution >= 0.6 is 0 Å². The predicted molar refractivity (Wildman–Crippen MR) is 58.2 cm³/mol. The number of hydrogen-bond acceptors (Lipinski definition) is 4. The smallest absolute Gasteiger partial charge is 0.311 e. The summed E-state index contributed by atoms with van der Waals surface area (Å²) in [6, 6.07) is 0. The van der Waals surface area contributed by atoms with E-state index in [-0.39, 0.29) is 13.2 Å². The third-order valence-electron chi connectivity index (χ3n) is 3.57. The van der Waals surface area contributed by atoms with Gasteiger partial charge in [-0.1, -0.05) is 0 Å². The van der Waals surface area contributed by atoms with Gasteiger partial charge in [0.2, 0.25) is 0 Å². The SMILES string of the molecule is CC(C)(C(=O)O)C(C)(C)N1C(=O)COCC1=O. The molecule has 6 nitrogen and oxygen atoms in total. The van der Waals surface area contributed by atoms with Gasteiger partial charge in [-0.3, -0.25) is 19.3 Å². The summed E-state index contributed by atoms with van der Waals surface area (Å²) in [6.45, 7) is 5.75. The second-order valence-corrected chi connectivity index (χ2v) is 5.10. The maximum Gasteiger partial charge on any atom is 0.311 e. The molecule has 0 unspecified atom stereocenters. The Bertz CT molecular complexity index is 356. The molecule has 1 heterocycles.